The average Bonchev–Trinajstić information content (AvgIpc) is 0.811. The standard InChI is InChI=1S/CH4Cl2Si.2ClH.Sn/c1-4(2)3;;;/h4H,1H3;2*1H;/q;;;+2/p-2. The van der Waals surface area contributed by atoms with Crippen LogP contribution in [0, 0.1) is 0 Å². The molecule has 0 fully saturated rings. The van der Waals surface area contributed by atoms with Crippen molar-refractivity contribution in [3.63, 3.8) is 0 Å². The number of halogens is 4. The van der Waals surface area contributed by atoms with Gasteiger partial charge in [0.2, 0.25) is 7.42 Å². The molecule has 2 radical (unpaired) electrons. The van der Waals surface area contributed by atoms with Gasteiger partial charge in [-0.2, -0.15) is 22.2 Å². The summed E-state index contributed by atoms with van der Waals surface area (Å²) in [5, 5.41) is 0. The van der Waals surface area contributed by atoms with Crippen LogP contribution in [-0.2, 0) is 0 Å². The van der Waals surface area contributed by atoms with Crippen molar-refractivity contribution in [2.24, 2.45) is 0 Å². The van der Waals surface area contributed by atoms with Crippen LogP contribution in [0.25, 0.3) is 0 Å². The SMILES string of the molecule is C[SiH](Cl)Cl.[Cl-].[Cl-].[Sn+2]. The molecule has 0 aromatic rings. The van der Waals surface area contributed by atoms with Crippen LogP contribution >= 0.6 is 22.2 Å². The molecule has 0 aromatic carbocycles. The summed E-state index contributed by atoms with van der Waals surface area (Å²) in [4.78, 5) is 0. The summed E-state index contributed by atoms with van der Waals surface area (Å²) in [7, 11) is -1.19. The predicted molar refractivity (Wildman–Crippen MR) is 30.5 cm³/mol. The van der Waals surface area contributed by atoms with Gasteiger partial charge < -0.3 is 24.8 Å². The third-order valence-corrected chi connectivity index (χ3v) is 0. The van der Waals surface area contributed by atoms with Gasteiger partial charge in [-0.3, -0.25) is 0 Å². The average molecular weight is 305 g/mol. The minimum absolute atomic E-state index is 0. The minimum atomic E-state index is -1.19. The van der Waals surface area contributed by atoms with E-state index in [0.29, 0.717) is 0 Å². The maximum Gasteiger partial charge on any atom is 2.00 e. The summed E-state index contributed by atoms with van der Waals surface area (Å²) in [6.45, 7) is 1.84. The Morgan fingerprint density at radius 1 is 1.14 bits per heavy atom. The van der Waals surface area contributed by atoms with Gasteiger partial charge in [-0.15, -0.1) is 0 Å². The van der Waals surface area contributed by atoms with Crippen LogP contribution < -0.4 is 24.8 Å². The van der Waals surface area contributed by atoms with Gasteiger partial charge in [0, 0.05) is 0 Å². The van der Waals surface area contributed by atoms with Crippen LogP contribution in [0.1, 0.15) is 0 Å². The second-order valence-corrected chi connectivity index (χ2v) is 6.15. The van der Waals surface area contributed by atoms with Crippen LogP contribution in [0.2, 0.25) is 6.55 Å². The number of hydrogen-bond donors (Lipinski definition) is 0. The van der Waals surface area contributed by atoms with E-state index in [1.54, 1.807) is 0 Å². The molecular formula is CH4Cl4SiSn. The Kier molecular flexibility index (Phi) is 51.4. The van der Waals surface area contributed by atoms with Crippen LogP contribution in [0.3, 0.4) is 0 Å². The van der Waals surface area contributed by atoms with E-state index in [-0.39, 0.29) is 48.7 Å². The van der Waals surface area contributed by atoms with Crippen molar-refractivity contribution >= 4 is 53.5 Å². The first-order chi connectivity index (χ1) is 1.73. The van der Waals surface area contributed by atoms with Gasteiger partial charge in [0.15, 0.2) is 0 Å². The Morgan fingerprint density at radius 2 is 1.14 bits per heavy atom. The van der Waals surface area contributed by atoms with Gasteiger partial charge in [-0.25, -0.2) is 0 Å². The van der Waals surface area contributed by atoms with Crippen molar-refractivity contribution in [3.05, 3.63) is 0 Å². The van der Waals surface area contributed by atoms with Crippen LogP contribution in [0.4, 0.5) is 0 Å². The minimum Gasteiger partial charge on any atom is -1.00 e. The van der Waals surface area contributed by atoms with E-state index in [1.807, 2.05) is 6.55 Å². The van der Waals surface area contributed by atoms with E-state index in [4.69, 9.17) is 22.2 Å². The first-order valence-electron chi connectivity index (χ1n) is 1.01. The van der Waals surface area contributed by atoms with E-state index >= 15 is 0 Å². The van der Waals surface area contributed by atoms with Gasteiger partial charge in [-0.1, -0.05) is 0 Å². The molecule has 0 aliphatic heterocycles. The topological polar surface area (TPSA) is 0 Å². The molecule has 0 rings (SSSR count). The molecule has 0 nitrogen and oxygen atoms in total. The molecule has 0 unspecified atom stereocenters. The molecule has 0 N–H and O–H groups in total. The van der Waals surface area contributed by atoms with Crippen LogP contribution in [0.15, 0.2) is 0 Å². The number of hydrogen-bond acceptors (Lipinski definition) is 0. The van der Waals surface area contributed by atoms with Crippen molar-refractivity contribution in [1.29, 1.82) is 0 Å². The van der Waals surface area contributed by atoms with Gasteiger partial charge >= 0.3 is 23.9 Å². The van der Waals surface area contributed by atoms with Crippen LogP contribution in [-0.4, -0.2) is 31.3 Å². The van der Waals surface area contributed by atoms with Crippen molar-refractivity contribution in [3.8, 4) is 0 Å². The Balaban J connectivity index is -0.0000000150. The molecule has 6 heteroatoms. The zero-order chi connectivity index (χ0) is 3.58. The molecule has 0 bridgehead atoms. The van der Waals surface area contributed by atoms with Gasteiger partial charge in [0.05, 0.1) is 0 Å². The molecule has 0 saturated heterocycles. The first kappa shape index (κ1) is 22.9. The van der Waals surface area contributed by atoms with Crippen molar-refractivity contribution in [2.75, 3.05) is 0 Å². The van der Waals surface area contributed by atoms with Gasteiger partial charge in [0.1, 0.15) is 0 Å². The Bertz CT molecular complexity index is 16.4. The molecule has 7 heavy (non-hydrogen) atoms. The smallest absolute Gasteiger partial charge is 1.00 e. The maximum absolute atomic E-state index is 5.18. The molecule has 0 saturated carbocycles. The molecular weight excluding hydrogens is 301 g/mol. The van der Waals surface area contributed by atoms with E-state index in [0.717, 1.165) is 0 Å². The molecule has 0 heterocycles. The van der Waals surface area contributed by atoms with Crippen molar-refractivity contribution in [1.82, 2.24) is 0 Å². The summed E-state index contributed by atoms with van der Waals surface area (Å²) in [5.74, 6) is 0. The molecule has 0 atom stereocenters. The van der Waals surface area contributed by atoms with Crippen molar-refractivity contribution < 1.29 is 24.8 Å². The molecule has 44 valence electrons. The Morgan fingerprint density at radius 3 is 1.14 bits per heavy atom. The fourth-order valence-electron chi connectivity index (χ4n) is 0. The second-order valence-electron chi connectivity index (χ2n) is 0.519. The van der Waals surface area contributed by atoms with Gasteiger partial charge in [0.25, 0.3) is 0 Å². The summed E-state index contributed by atoms with van der Waals surface area (Å²) < 4.78 is 0. The molecule has 0 amide bonds. The predicted octanol–water partition coefficient (Wildman–Crippen LogP) is -5.06. The summed E-state index contributed by atoms with van der Waals surface area (Å²) in [5.41, 5.74) is 0. The zero-order valence-electron chi connectivity index (χ0n) is 3.59. The molecule has 0 spiro atoms. The monoisotopic (exact) mass is 304 g/mol. The third kappa shape index (κ3) is 65.9. The first-order valence-corrected chi connectivity index (χ1v) is 5.66. The molecule has 0 aromatic heterocycles. The Hall–Kier alpha value is 2.18. The van der Waals surface area contributed by atoms with Gasteiger partial charge in [-0.05, 0) is 6.55 Å². The van der Waals surface area contributed by atoms with E-state index in [2.05, 4.69) is 0 Å². The van der Waals surface area contributed by atoms with Crippen LogP contribution in [0.5, 0.6) is 0 Å². The molecule has 0 aliphatic rings. The largest absolute Gasteiger partial charge is 2.00 e. The van der Waals surface area contributed by atoms with E-state index in [9.17, 15) is 0 Å². The Labute approximate surface area is 84.1 Å². The van der Waals surface area contributed by atoms with Crippen molar-refractivity contribution in [2.45, 2.75) is 6.55 Å². The fourth-order valence-corrected chi connectivity index (χ4v) is 0. The zero-order valence-corrected chi connectivity index (χ0v) is 10.6. The molecule has 0 aliphatic carbocycles. The van der Waals surface area contributed by atoms with E-state index in [1.165, 1.54) is 0 Å². The fraction of sp³-hybridized carbons (Fsp3) is 1.00. The van der Waals surface area contributed by atoms with E-state index < -0.39 is 7.42 Å². The number of rotatable bonds is 0. The quantitative estimate of drug-likeness (QED) is 0.310. The second kappa shape index (κ2) is 15.7. The maximum atomic E-state index is 5.18. The third-order valence-electron chi connectivity index (χ3n) is 0. The summed E-state index contributed by atoms with van der Waals surface area (Å²) in [6.07, 6.45) is 0. The normalized spacial score (nSPS) is 5.14. The summed E-state index contributed by atoms with van der Waals surface area (Å²) >= 11 is 10.4. The summed E-state index contributed by atoms with van der Waals surface area (Å²) in [6, 6.07) is 0.